The highest BCUT2D eigenvalue weighted by Crippen LogP contribution is 2.20. The van der Waals surface area contributed by atoms with Crippen molar-refractivity contribution in [3.63, 3.8) is 0 Å². The summed E-state index contributed by atoms with van der Waals surface area (Å²) in [5, 5.41) is 0. The lowest BCUT2D eigenvalue weighted by molar-refractivity contribution is -0.133. The average Bonchev–Trinajstić information content (AvgIpc) is 2.96. The molecule has 0 aromatic carbocycles. The second-order valence-electron chi connectivity index (χ2n) is 5.51. The summed E-state index contributed by atoms with van der Waals surface area (Å²) >= 11 is 0. The van der Waals surface area contributed by atoms with Gasteiger partial charge in [-0.1, -0.05) is 0 Å². The lowest BCUT2D eigenvalue weighted by Gasteiger charge is -2.22. The largest absolute Gasteiger partial charge is 0.342 e. The summed E-state index contributed by atoms with van der Waals surface area (Å²) in [6.07, 6.45) is 5.04. The first kappa shape index (κ1) is 13.1. The SMILES string of the molecule is C[C@H](C(=O)N1CC[C@@H](CN(C)C)C1)n1cccc1. The van der Waals surface area contributed by atoms with Gasteiger partial charge in [0.1, 0.15) is 6.04 Å². The lowest BCUT2D eigenvalue weighted by atomic mass is 10.1. The van der Waals surface area contributed by atoms with Crippen LogP contribution in [-0.4, -0.2) is 54.0 Å². The van der Waals surface area contributed by atoms with Crippen LogP contribution in [0.5, 0.6) is 0 Å². The first-order valence-corrected chi connectivity index (χ1v) is 6.64. The number of amides is 1. The Hall–Kier alpha value is -1.29. The van der Waals surface area contributed by atoms with Gasteiger partial charge in [0.15, 0.2) is 0 Å². The van der Waals surface area contributed by atoms with E-state index >= 15 is 0 Å². The van der Waals surface area contributed by atoms with E-state index in [0.717, 1.165) is 26.1 Å². The molecule has 4 heteroatoms. The molecular formula is C14H23N3O. The molecule has 0 bridgehead atoms. The van der Waals surface area contributed by atoms with Crippen molar-refractivity contribution in [2.24, 2.45) is 5.92 Å². The number of nitrogens with zero attached hydrogens (tertiary/aromatic N) is 3. The number of carbonyl (C=O) groups is 1. The van der Waals surface area contributed by atoms with Crippen molar-refractivity contribution in [2.45, 2.75) is 19.4 Å². The maximum Gasteiger partial charge on any atom is 0.245 e. The molecule has 2 heterocycles. The van der Waals surface area contributed by atoms with Crippen molar-refractivity contribution in [1.29, 1.82) is 0 Å². The van der Waals surface area contributed by atoms with Gasteiger partial charge in [0.2, 0.25) is 5.91 Å². The van der Waals surface area contributed by atoms with Crippen LogP contribution in [0.25, 0.3) is 0 Å². The third-order valence-electron chi connectivity index (χ3n) is 3.65. The number of rotatable bonds is 4. The first-order chi connectivity index (χ1) is 8.58. The predicted octanol–water partition coefficient (Wildman–Crippen LogP) is 1.46. The first-order valence-electron chi connectivity index (χ1n) is 6.64. The molecule has 1 aromatic rings. The van der Waals surface area contributed by atoms with Crippen LogP contribution in [0, 0.1) is 5.92 Å². The Morgan fingerprint density at radius 1 is 1.39 bits per heavy atom. The van der Waals surface area contributed by atoms with Gasteiger partial charge < -0.3 is 14.4 Å². The predicted molar refractivity (Wildman–Crippen MR) is 72.4 cm³/mol. The second kappa shape index (κ2) is 5.57. The van der Waals surface area contributed by atoms with Gasteiger partial charge >= 0.3 is 0 Å². The third-order valence-corrected chi connectivity index (χ3v) is 3.65. The van der Waals surface area contributed by atoms with Crippen LogP contribution in [0.3, 0.4) is 0 Å². The summed E-state index contributed by atoms with van der Waals surface area (Å²) in [7, 11) is 4.18. The minimum atomic E-state index is -0.0851. The van der Waals surface area contributed by atoms with Crippen LogP contribution >= 0.6 is 0 Å². The molecular weight excluding hydrogens is 226 g/mol. The summed E-state index contributed by atoms with van der Waals surface area (Å²) in [6, 6.07) is 3.84. The van der Waals surface area contributed by atoms with E-state index in [1.54, 1.807) is 0 Å². The van der Waals surface area contributed by atoms with Crippen molar-refractivity contribution < 1.29 is 4.79 Å². The van der Waals surface area contributed by atoms with Gasteiger partial charge in [0.05, 0.1) is 0 Å². The molecule has 1 aliphatic heterocycles. The summed E-state index contributed by atoms with van der Waals surface area (Å²) < 4.78 is 1.97. The Bertz CT molecular complexity index is 386. The Balaban J connectivity index is 1.91. The van der Waals surface area contributed by atoms with E-state index in [1.165, 1.54) is 0 Å². The molecule has 1 aromatic heterocycles. The van der Waals surface area contributed by atoms with Crippen molar-refractivity contribution in [3.05, 3.63) is 24.5 Å². The van der Waals surface area contributed by atoms with Gasteiger partial charge in [-0.2, -0.15) is 0 Å². The van der Waals surface area contributed by atoms with Crippen LogP contribution in [-0.2, 0) is 4.79 Å². The zero-order valence-corrected chi connectivity index (χ0v) is 11.5. The molecule has 0 aliphatic carbocycles. The Kier molecular flexibility index (Phi) is 4.07. The van der Waals surface area contributed by atoms with E-state index in [1.807, 2.05) is 40.9 Å². The van der Waals surface area contributed by atoms with Gasteiger partial charge in [0.25, 0.3) is 0 Å². The number of carbonyl (C=O) groups excluding carboxylic acids is 1. The van der Waals surface area contributed by atoms with Crippen LogP contribution in [0.4, 0.5) is 0 Å². The minimum absolute atomic E-state index is 0.0851. The molecule has 0 N–H and O–H groups in total. The number of hydrogen-bond acceptors (Lipinski definition) is 2. The molecule has 1 fully saturated rings. The monoisotopic (exact) mass is 249 g/mol. The van der Waals surface area contributed by atoms with E-state index in [2.05, 4.69) is 19.0 Å². The highest BCUT2D eigenvalue weighted by Gasteiger charge is 2.29. The molecule has 1 aliphatic rings. The smallest absolute Gasteiger partial charge is 0.245 e. The summed E-state index contributed by atoms with van der Waals surface area (Å²) in [4.78, 5) is 16.6. The highest BCUT2D eigenvalue weighted by atomic mass is 16.2. The Morgan fingerprint density at radius 3 is 2.67 bits per heavy atom. The van der Waals surface area contributed by atoms with Crippen molar-refractivity contribution in [3.8, 4) is 0 Å². The topological polar surface area (TPSA) is 28.5 Å². The van der Waals surface area contributed by atoms with Crippen LogP contribution in [0.15, 0.2) is 24.5 Å². The molecule has 2 rings (SSSR count). The fourth-order valence-electron chi connectivity index (χ4n) is 2.70. The highest BCUT2D eigenvalue weighted by molar-refractivity contribution is 5.80. The van der Waals surface area contributed by atoms with E-state index < -0.39 is 0 Å². The molecule has 1 amide bonds. The standard InChI is InChI=1S/C14H23N3O/c1-12(16-7-4-5-8-16)14(18)17-9-6-13(11-17)10-15(2)3/h4-5,7-8,12-13H,6,9-11H2,1-3H3/t12-,13+/m1/s1. The van der Waals surface area contributed by atoms with Crippen molar-refractivity contribution in [2.75, 3.05) is 33.7 Å². The van der Waals surface area contributed by atoms with E-state index in [4.69, 9.17) is 0 Å². The van der Waals surface area contributed by atoms with Gasteiger partial charge in [-0.15, -0.1) is 0 Å². The third kappa shape index (κ3) is 2.93. The number of aromatic nitrogens is 1. The van der Waals surface area contributed by atoms with Gasteiger partial charge in [-0.3, -0.25) is 4.79 Å². The maximum absolute atomic E-state index is 12.4. The maximum atomic E-state index is 12.4. The molecule has 0 saturated carbocycles. The Labute approximate surface area is 109 Å². The van der Waals surface area contributed by atoms with Gasteiger partial charge in [0, 0.05) is 32.0 Å². The van der Waals surface area contributed by atoms with E-state index in [9.17, 15) is 4.79 Å². The number of hydrogen-bond donors (Lipinski definition) is 0. The normalized spacial score (nSPS) is 21.6. The minimum Gasteiger partial charge on any atom is -0.342 e. The zero-order chi connectivity index (χ0) is 13.1. The molecule has 100 valence electrons. The van der Waals surface area contributed by atoms with Gasteiger partial charge in [-0.25, -0.2) is 0 Å². The van der Waals surface area contributed by atoms with Crippen LogP contribution in [0.1, 0.15) is 19.4 Å². The molecule has 18 heavy (non-hydrogen) atoms. The summed E-state index contributed by atoms with van der Waals surface area (Å²) in [6.45, 7) is 4.86. The molecule has 0 radical (unpaired) electrons. The van der Waals surface area contributed by atoms with Crippen LogP contribution in [0.2, 0.25) is 0 Å². The van der Waals surface area contributed by atoms with Crippen molar-refractivity contribution >= 4 is 5.91 Å². The number of likely N-dealkylation sites (tertiary alicyclic amines) is 1. The zero-order valence-electron chi connectivity index (χ0n) is 11.5. The van der Waals surface area contributed by atoms with Gasteiger partial charge in [-0.05, 0) is 45.5 Å². The van der Waals surface area contributed by atoms with Crippen LogP contribution < -0.4 is 0 Å². The van der Waals surface area contributed by atoms with E-state index in [-0.39, 0.29) is 11.9 Å². The van der Waals surface area contributed by atoms with Crippen molar-refractivity contribution in [1.82, 2.24) is 14.4 Å². The fourth-order valence-corrected chi connectivity index (χ4v) is 2.70. The quantitative estimate of drug-likeness (QED) is 0.808. The lowest BCUT2D eigenvalue weighted by Crippen LogP contribution is -2.35. The average molecular weight is 249 g/mol. The van der Waals surface area contributed by atoms with E-state index in [0.29, 0.717) is 5.92 Å². The molecule has 4 nitrogen and oxygen atoms in total. The molecule has 0 spiro atoms. The fraction of sp³-hybridized carbons (Fsp3) is 0.643. The summed E-state index contributed by atoms with van der Waals surface area (Å²) in [5.41, 5.74) is 0. The molecule has 0 unspecified atom stereocenters. The Morgan fingerprint density at radius 2 is 2.06 bits per heavy atom. The second-order valence-corrected chi connectivity index (χ2v) is 5.51. The summed E-state index contributed by atoms with van der Waals surface area (Å²) in [5.74, 6) is 0.869. The molecule has 1 saturated heterocycles. The molecule has 2 atom stereocenters.